The standard InChI is InChI=1S/C15H10ClNO3S/c1-2-20-14(18)11-7-9-5-8-6-10(16)3-4-12(8)17-13(9)21-15(11)19/h3-7H,2H2,1H3. The van der Waals surface area contributed by atoms with Crippen LogP contribution in [0.5, 0.6) is 0 Å². The molecule has 0 aliphatic rings. The van der Waals surface area contributed by atoms with Gasteiger partial charge >= 0.3 is 5.97 Å². The van der Waals surface area contributed by atoms with Crippen LogP contribution in [0, 0.1) is 0 Å². The average molecular weight is 320 g/mol. The number of pyridine rings is 1. The minimum absolute atomic E-state index is 0.0394. The van der Waals surface area contributed by atoms with Crippen molar-refractivity contribution in [1.82, 2.24) is 4.98 Å². The molecule has 0 atom stereocenters. The number of esters is 1. The Kier molecular flexibility index (Phi) is 3.61. The SMILES string of the molecule is CCOC(=O)c1cc2cc3cc(Cl)ccc3nc2sc1=O. The van der Waals surface area contributed by atoms with Crippen LogP contribution in [0.4, 0.5) is 0 Å². The van der Waals surface area contributed by atoms with Crippen molar-refractivity contribution < 1.29 is 9.53 Å². The maximum Gasteiger partial charge on any atom is 0.343 e. The zero-order valence-electron chi connectivity index (χ0n) is 11.1. The molecular weight excluding hydrogens is 310 g/mol. The number of rotatable bonds is 2. The van der Waals surface area contributed by atoms with Gasteiger partial charge in [-0.3, -0.25) is 4.79 Å². The Morgan fingerprint density at radius 3 is 2.86 bits per heavy atom. The van der Waals surface area contributed by atoms with Gasteiger partial charge in [-0.2, -0.15) is 0 Å². The third-order valence-electron chi connectivity index (χ3n) is 2.97. The van der Waals surface area contributed by atoms with Crippen LogP contribution >= 0.6 is 22.9 Å². The predicted octanol–water partition coefficient (Wildman–Crippen LogP) is 3.64. The van der Waals surface area contributed by atoms with Crippen LogP contribution in [0.15, 0.2) is 35.1 Å². The van der Waals surface area contributed by atoms with Gasteiger partial charge in [-0.15, -0.1) is 0 Å². The fourth-order valence-corrected chi connectivity index (χ4v) is 3.03. The number of halogens is 1. The summed E-state index contributed by atoms with van der Waals surface area (Å²) >= 11 is 6.91. The number of hydrogen-bond acceptors (Lipinski definition) is 5. The number of ether oxygens (including phenoxy) is 1. The Bertz CT molecular complexity index is 920. The maximum absolute atomic E-state index is 12.0. The zero-order chi connectivity index (χ0) is 15.0. The molecule has 2 aromatic heterocycles. The van der Waals surface area contributed by atoms with Gasteiger partial charge in [0.05, 0.1) is 12.1 Å². The number of carbonyl (C=O) groups is 1. The number of aromatic nitrogens is 1. The summed E-state index contributed by atoms with van der Waals surface area (Å²) in [6, 6.07) is 8.73. The van der Waals surface area contributed by atoms with Gasteiger partial charge in [0, 0.05) is 15.8 Å². The molecule has 0 radical (unpaired) electrons. The van der Waals surface area contributed by atoms with E-state index in [1.807, 2.05) is 6.07 Å². The van der Waals surface area contributed by atoms with Crippen LogP contribution in [0.3, 0.4) is 0 Å². The van der Waals surface area contributed by atoms with Crippen molar-refractivity contribution in [3.8, 4) is 0 Å². The monoisotopic (exact) mass is 319 g/mol. The summed E-state index contributed by atoms with van der Waals surface area (Å²) in [7, 11) is 0. The molecule has 0 saturated carbocycles. The van der Waals surface area contributed by atoms with E-state index in [0.29, 0.717) is 9.85 Å². The first kappa shape index (κ1) is 14.0. The van der Waals surface area contributed by atoms with Crippen molar-refractivity contribution in [2.75, 3.05) is 6.61 Å². The highest BCUT2D eigenvalue weighted by Crippen LogP contribution is 2.24. The largest absolute Gasteiger partial charge is 0.462 e. The van der Waals surface area contributed by atoms with E-state index in [0.717, 1.165) is 27.6 Å². The first-order valence-electron chi connectivity index (χ1n) is 6.30. The third kappa shape index (κ3) is 2.62. The Labute approximate surface area is 128 Å². The molecule has 3 rings (SSSR count). The fraction of sp³-hybridized carbons (Fsp3) is 0.133. The minimum atomic E-state index is -0.605. The van der Waals surface area contributed by atoms with E-state index < -0.39 is 5.97 Å². The van der Waals surface area contributed by atoms with Crippen molar-refractivity contribution in [1.29, 1.82) is 0 Å². The molecule has 106 valence electrons. The molecule has 0 saturated heterocycles. The summed E-state index contributed by atoms with van der Waals surface area (Å²) in [6.45, 7) is 1.93. The molecule has 0 spiro atoms. The molecule has 0 bridgehead atoms. The van der Waals surface area contributed by atoms with Crippen LogP contribution in [-0.4, -0.2) is 17.6 Å². The van der Waals surface area contributed by atoms with Crippen LogP contribution in [0.25, 0.3) is 21.1 Å². The Morgan fingerprint density at radius 1 is 1.29 bits per heavy atom. The summed E-state index contributed by atoms with van der Waals surface area (Å²) in [6.07, 6.45) is 0. The van der Waals surface area contributed by atoms with Crippen molar-refractivity contribution in [3.05, 3.63) is 50.5 Å². The number of hydrogen-bond donors (Lipinski definition) is 0. The molecule has 0 aliphatic heterocycles. The topological polar surface area (TPSA) is 56.3 Å². The second-order valence-corrected chi connectivity index (χ2v) is 5.79. The molecule has 0 N–H and O–H groups in total. The van der Waals surface area contributed by atoms with Crippen molar-refractivity contribution in [2.45, 2.75) is 6.92 Å². The lowest BCUT2D eigenvalue weighted by Crippen LogP contribution is -2.14. The van der Waals surface area contributed by atoms with Gasteiger partial charge < -0.3 is 4.74 Å². The molecule has 3 aromatic rings. The van der Waals surface area contributed by atoms with Gasteiger partial charge in [0.15, 0.2) is 0 Å². The number of benzene rings is 1. The highest BCUT2D eigenvalue weighted by Gasteiger charge is 2.14. The quantitative estimate of drug-likeness (QED) is 0.534. The molecule has 4 nitrogen and oxygen atoms in total. The third-order valence-corrected chi connectivity index (χ3v) is 4.13. The van der Waals surface area contributed by atoms with Crippen molar-refractivity contribution >= 4 is 50.0 Å². The second kappa shape index (κ2) is 5.42. The first-order valence-corrected chi connectivity index (χ1v) is 7.49. The number of nitrogens with zero attached hydrogens (tertiary/aromatic N) is 1. The van der Waals surface area contributed by atoms with Gasteiger partial charge in [0.2, 0.25) is 4.74 Å². The smallest absolute Gasteiger partial charge is 0.343 e. The molecule has 2 heterocycles. The summed E-state index contributed by atoms with van der Waals surface area (Å²) in [5.74, 6) is -0.605. The van der Waals surface area contributed by atoms with E-state index in [-0.39, 0.29) is 16.9 Å². The molecule has 0 unspecified atom stereocenters. The van der Waals surface area contributed by atoms with Crippen molar-refractivity contribution in [2.24, 2.45) is 0 Å². The molecule has 0 amide bonds. The predicted molar refractivity (Wildman–Crippen MR) is 84.4 cm³/mol. The number of carbonyl (C=O) groups excluding carboxylic acids is 1. The molecular formula is C15H10ClNO3S. The van der Waals surface area contributed by atoms with Gasteiger partial charge in [-0.25, -0.2) is 9.78 Å². The van der Waals surface area contributed by atoms with Gasteiger partial charge in [-0.1, -0.05) is 22.9 Å². The van der Waals surface area contributed by atoms with E-state index in [9.17, 15) is 9.59 Å². The summed E-state index contributed by atoms with van der Waals surface area (Å²) in [5, 5.41) is 2.19. The first-order chi connectivity index (χ1) is 10.1. The summed E-state index contributed by atoms with van der Waals surface area (Å²) in [4.78, 5) is 28.8. The molecule has 21 heavy (non-hydrogen) atoms. The molecule has 1 aromatic carbocycles. The van der Waals surface area contributed by atoms with E-state index in [1.54, 1.807) is 25.1 Å². The Balaban J connectivity index is 2.26. The van der Waals surface area contributed by atoms with E-state index in [2.05, 4.69) is 4.98 Å². The number of fused-ring (bicyclic) bond motifs is 2. The summed E-state index contributed by atoms with van der Waals surface area (Å²) < 4.78 is 4.54. The van der Waals surface area contributed by atoms with E-state index >= 15 is 0 Å². The average Bonchev–Trinajstić information content (AvgIpc) is 2.45. The Morgan fingerprint density at radius 2 is 2.10 bits per heavy atom. The normalized spacial score (nSPS) is 11.0. The van der Waals surface area contributed by atoms with Crippen LogP contribution in [0.2, 0.25) is 5.02 Å². The molecule has 0 fully saturated rings. The highest BCUT2D eigenvalue weighted by molar-refractivity contribution is 7.16. The lowest BCUT2D eigenvalue weighted by Gasteiger charge is -2.04. The van der Waals surface area contributed by atoms with Gasteiger partial charge in [0.25, 0.3) is 0 Å². The minimum Gasteiger partial charge on any atom is -0.462 e. The van der Waals surface area contributed by atoms with Crippen molar-refractivity contribution in [3.63, 3.8) is 0 Å². The van der Waals surface area contributed by atoms with Crippen LogP contribution in [-0.2, 0) is 4.74 Å². The lowest BCUT2D eigenvalue weighted by atomic mass is 10.1. The van der Waals surface area contributed by atoms with Crippen LogP contribution in [0.1, 0.15) is 17.3 Å². The fourth-order valence-electron chi connectivity index (χ4n) is 2.04. The molecule has 0 aliphatic carbocycles. The van der Waals surface area contributed by atoms with E-state index in [4.69, 9.17) is 16.3 Å². The van der Waals surface area contributed by atoms with Crippen LogP contribution < -0.4 is 4.74 Å². The second-order valence-electron chi connectivity index (χ2n) is 4.39. The Hall–Kier alpha value is -1.98. The van der Waals surface area contributed by atoms with Gasteiger partial charge in [0.1, 0.15) is 10.4 Å². The van der Waals surface area contributed by atoms with E-state index in [1.165, 1.54) is 6.07 Å². The zero-order valence-corrected chi connectivity index (χ0v) is 12.6. The molecule has 6 heteroatoms. The highest BCUT2D eigenvalue weighted by atomic mass is 35.5. The summed E-state index contributed by atoms with van der Waals surface area (Å²) in [5.41, 5.74) is 0.795. The maximum atomic E-state index is 12.0. The lowest BCUT2D eigenvalue weighted by molar-refractivity contribution is 0.0525. The van der Waals surface area contributed by atoms with Gasteiger partial charge in [-0.05, 0) is 37.3 Å².